The van der Waals surface area contributed by atoms with Gasteiger partial charge in [-0.05, 0) is 43.0 Å². The van der Waals surface area contributed by atoms with Crippen LogP contribution in [0, 0.1) is 5.92 Å². The van der Waals surface area contributed by atoms with Crippen molar-refractivity contribution < 1.29 is 4.79 Å². The highest BCUT2D eigenvalue weighted by atomic mass is 32.1. The van der Waals surface area contributed by atoms with Crippen molar-refractivity contribution in [3.8, 4) is 0 Å². The highest BCUT2D eigenvalue weighted by Gasteiger charge is 2.33. The number of carbonyl (C=O) groups is 1. The molecule has 2 heterocycles. The first-order valence-corrected chi connectivity index (χ1v) is 7.77. The molecule has 1 aromatic heterocycles. The Morgan fingerprint density at radius 1 is 1.44 bits per heavy atom. The number of hydrogen-bond donors (Lipinski definition) is 1. The second-order valence-electron chi connectivity index (χ2n) is 5.30. The summed E-state index contributed by atoms with van der Waals surface area (Å²) in [4.78, 5) is 15.4. The van der Waals surface area contributed by atoms with E-state index in [1.165, 1.54) is 30.6 Å². The van der Waals surface area contributed by atoms with Gasteiger partial charge in [0.15, 0.2) is 0 Å². The van der Waals surface area contributed by atoms with Crippen molar-refractivity contribution in [2.75, 3.05) is 19.6 Å². The summed E-state index contributed by atoms with van der Waals surface area (Å²) in [6, 6.07) is 4.68. The molecule has 2 fully saturated rings. The Morgan fingerprint density at radius 3 is 2.83 bits per heavy atom. The fourth-order valence-corrected chi connectivity index (χ4v) is 3.57. The predicted molar refractivity (Wildman–Crippen MR) is 73.6 cm³/mol. The van der Waals surface area contributed by atoms with Crippen LogP contribution < -0.4 is 5.32 Å². The first kappa shape index (κ1) is 12.2. The van der Waals surface area contributed by atoms with Crippen LogP contribution in [0.4, 0.5) is 0 Å². The van der Waals surface area contributed by atoms with E-state index in [9.17, 15) is 4.79 Å². The summed E-state index contributed by atoms with van der Waals surface area (Å²) in [7, 11) is 0. The van der Waals surface area contributed by atoms with Gasteiger partial charge in [0.1, 0.15) is 0 Å². The number of carbonyl (C=O) groups excluding carboxylic acids is 1. The zero-order valence-corrected chi connectivity index (χ0v) is 11.4. The van der Waals surface area contributed by atoms with Gasteiger partial charge in [0, 0.05) is 24.0 Å². The molecule has 98 valence electrons. The van der Waals surface area contributed by atoms with Crippen LogP contribution in [-0.2, 0) is 4.79 Å². The minimum atomic E-state index is 0.273. The van der Waals surface area contributed by atoms with E-state index in [1.807, 2.05) is 4.90 Å². The molecule has 0 aromatic carbocycles. The van der Waals surface area contributed by atoms with E-state index in [-0.39, 0.29) is 5.91 Å². The summed E-state index contributed by atoms with van der Waals surface area (Å²) in [6.45, 7) is 2.40. The Bertz CT molecular complexity index is 394. The molecule has 0 radical (unpaired) electrons. The molecule has 1 saturated carbocycles. The van der Waals surface area contributed by atoms with Gasteiger partial charge in [-0.15, -0.1) is 11.3 Å². The molecule has 0 spiro atoms. The summed E-state index contributed by atoms with van der Waals surface area (Å²) in [5.74, 6) is 1.02. The van der Waals surface area contributed by atoms with E-state index >= 15 is 0 Å². The molecular weight excluding hydrogens is 244 g/mol. The zero-order chi connectivity index (χ0) is 12.4. The van der Waals surface area contributed by atoms with Crippen molar-refractivity contribution in [1.82, 2.24) is 10.2 Å². The molecule has 1 atom stereocenters. The number of nitrogens with zero attached hydrogens (tertiary/aromatic N) is 1. The summed E-state index contributed by atoms with van der Waals surface area (Å²) < 4.78 is 0. The molecule has 2 aliphatic rings. The average Bonchev–Trinajstić information content (AvgIpc) is 2.87. The summed E-state index contributed by atoms with van der Waals surface area (Å²) in [5.41, 5.74) is 0. The van der Waals surface area contributed by atoms with Gasteiger partial charge in [0.05, 0.1) is 6.54 Å². The molecule has 1 N–H and O–H groups in total. The van der Waals surface area contributed by atoms with Crippen LogP contribution in [0.5, 0.6) is 0 Å². The third-order valence-corrected chi connectivity index (χ3v) is 4.83. The maximum Gasteiger partial charge on any atom is 0.236 e. The maximum atomic E-state index is 12.0. The van der Waals surface area contributed by atoms with E-state index in [2.05, 4.69) is 22.8 Å². The Morgan fingerprint density at radius 2 is 2.22 bits per heavy atom. The topological polar surface area (TPSA) is 32.3 Å². The zero-order valence-electron chi connectivity index (χ0n) is 10.6. The van der Waals surface area contributed by atoms with Gasteiger partial charge in [-0.3, -0.25) is 4.79 Å². The molecule has 4 heteroatoms. The van der Waals surface area contributed by atoms with Gasteiger partial charge in [-0.1, -0.05) is 6.07 Å². The second kappa shape index (κ2) is 5.41. The number of rotatable bonds is 5. The van der Waals surface area contributed by atoms with Gasteiger partial charge in [0.25, 0.3) is 0 Å². The number of hydrogen-bond acceptors (Lipinski definition) is 3. The number of thiophene rings is 1. The van der Waals surface area contributed by atoms with Crippen molar-refractivity contribution in [2.45, 2.75) is 31.7 Å². The smallest absolute Gasteiger partial charge is 0.236 e. The van der Waals surface area contributed by atoms with Gasteiger partial charge >= 0.3 is 0 Å². The lowest BCUT2D eigenvalue weighted by molar-refractivity contribution is -0.129. The lowest BCUT2D eigenvalue weighted by atomic mass is 10.1. The Kier molecular flexibility index (Phi) is 3.66. The number of amides is 1. The Labute approximate surface area is 112 Å². The van der Waals surface area contributed by atoms with E-state index in [0.717, 1.165) is 19.0 Å². The van der Waals surface area contributed by atoms with E-state index < -0.39 is 0 Å². The standard InChI is InChI=1S/C14H20N2OS/c17-13(16-7-1-2-8-16)10-15-14(11-5-6-11)12-4-3-9-18-12/h3-4,9,11,14-15H,1-2,5-8,10H2. The molecule has 1 aliphatic carbocycles. The van der Waals surface area contributed by atoms with Crippen molar-refractivity contribution in [3.05, 3.63) is 22.4 Å². The molecule has 0 bridgehead atoms. The summed E-state index contributed by atoms with van der Waals surface area (Å²) in [6.07, 6.45) is 4.94. The van der Waals surface area contributed by atoms with E-state index in [1.54, 1.807) is 11.3 Å². The lowest BCUT2D eigenvalue weighted by Crippen LogP contribution is -2.38. The highest BCUT2D eigenvalue weighted by Crippen LogP contribution is 2.42. The van der Waals surface area contributed by atoms with Crippen LogP contribution >= 0.6 is 11.3 Å². The quantitative estimate of drug-likeness (QED) is 0.886. The van der Waals surface area contributed by atoms with Crippen LogP contribution in [0.1, 0.15) is 36.6 Å². The van der Waals surface area contributed by atoms with Gasteiger partial charge in [-0.2, -0.15) is 0 Å². The summed E-state index contributed by atoms with van der Waals surface area (Å²) in [5, 5.41) is 5.60. The van der Waals surface area contributed by atoms with E-state index in [0.29, 0.717) is 12.6 Å². The first-order valence-electron chi connectivity index (χ1n) is 6.89. The molecular formula is C14H20N2OS. The van der Waals surface area contributed by atoms with Crippen LogP contribution in [0.3, 0.4) is 0 Å². The molecule has 3 nitrogen and oxygen atoms in total. The first-order chi connectivity index (χ1) is 8.84. The molecule has 1 unspecified atom stereocenters. The third kappa shape index (κ3) is 2.75. The molecule has 18 heavy (non-hydrogen) atoms. The number of likely N-dealkylation sites (tertiary alicyclic amines) is 1. The average molecular weight is 264 g/mol. The normalized spacial score (nSPS) is 21.2. The van der Waals surface area contributed by atoms with Crippen molar-refractivity contribution in [3.63, 3.8) is 0 Å². The number of nitrogens with one attached hydrogen (secondary N) is 1. The molecule has 3 rings (SSSR count). The van der Waals surface area contributed by atoms with Gasteiger partial charge < -0.3 is 10.2 Å². The molecule has 1 amide bonds. The minimum Gasteiger partial charge on any atom is -0.342 e. The fraction of sp³-hybridized carbons (Fsp3) is 0.643. The maximum absolute atomic E-state index is 12.0. The van der Waals surface area contributed by atoms with Crippen LogP contribution in [0.25, 0.3) is 0 Å². The molecule has 1 aromatic rings. The third-order valence-electron chi connectivity index (χ3n) is 3.88. The van der Waals surface area contributed by atoms with Crippen LogP contribution in [0.2, 0.25) is 0 Å². The Hall–Kier alpha value is -0.870. The fourth-order valence-electron chi connectivity index (χ4n) is 2.67. The molecule has 1 aliphatic heterocycles. The molecule has 1 saturated heterocycles. The highest BCUT2D eigenvalue weighted by molar-refractivity contribution is 7.10. The van der Waals surface area contributed by atoms with Crippen molar-refractivity contribution in [2.24, 2.45) is 5.92 Å². The largest absolute Gasteiger partial charge is 0.342 e. The Balaban J connectivity index is 1.55. The predicted octanol–water partition coefficient (Wildman–Crippen LogP) is 2.41. The second-order valence-corrected chi connectivity index (χ2v) is 6.28. The summed E-state index contributed by atoms with van der Waals surface area (Å²) >= 11 is 1.80. The van der Waals surface area contributed by atoms with Gasteiger partial charge in [0.2, 0.25) is 5.91 Å². The SMILES string of the molecule is O=C(CNC(c1cccs1)C1CC1)N1CCCC1. The van der Waals surface area contributed by atoms with Crippen molar-refractivity contribution in [1.29, 1.82) is 0 Å². The van der Waals surface area contributed by atoms with Crippen LogP contribution in [-0.4, -0.2) is 30.4 Å². The van der Waals surface area contributed by atoms with Crippen molar-refractivity contribution >= 4 is 17.2 Å². The van der Waals surface area contributed by atoms with Gasteiger partial charge in [-0.25, -0.2) is 0 Å². The van der Waals surface area contributed by atoms with Crippen LogP contribution in [0.15, 0.2) is 17.5 Å². The lowest BCUT2D eigenvalue weighted by Gasteiger charge is -2.20. The minimum absolute atomic E-state index is 0.273. The van der Waals surface area contributed by atoms with E-state index in [4.69, 9.17) is 0 Å². The monoisotopic (exact) mass is 264 g/mol.